The lowest BCUT2D eigenvalue weighted by molar-refractivity contribution is 0.183. The van der Waals surface area contributed by atoms with Crippen molar-refractivity contribution in [1.29, 1.82) is 0 Å². The summed E-state index contributed by atoms with van der Waals surface area (Å²) in [6.07, 6.45) is 0.903. The van der Waals surface area contributed by atoms with Crippen molar-refractivity contribution in [3.63, 3.8) is 0 Å². The molecule has 4 heteroatoms. The van der Waals surface area contributed by atoms with Crippen LogP contribution in [0.5, 0.6) is 11.5 Å². The Bertz CT molecular complexity index is 380. The summed E-state index contributed by atoms with van der Waals surface area (Å²) in [4.78, 5) is 0. The Kier molecular flexibility index (Phi) is 5.95. The van der Waals surface area contributed by atoms with Crippen molar-refractivity contribution in [1.82, 2.24) is 0 Å². The average Bonchev–Trinajstić information content (AvgIpc) is 2.38. The zero-order valence-electron chi connectivity index (χ0n) is 11.7. The van der Waals surface area contributed by atoms with Crippen LogP contribution in [-0.2, 0) is 11.3 Å². The lowest BCUT2D eigenvalue weighted by Crippen LogP contribution is -2.09. The van der Waals surface area contributed by atoms with Crippen LogP contribution in [0.1, 0.15) is 30.4 Å². The molecule has 18 heavy (non-hydrogen) atoms. The second-order valence-corrected chi connectivity index (χ2v) is 4.29. The zero-order chi connectivity index (χ0) is 13.5. The minimum absolute atomic E-state index is 0.310. The molecule has 0 bridgehead atoms. The minimum atomic E-state index is 0.310. The predicted molar refractivity (Wildman–Crippen MR) is 72.3 cm³/mol. The summed E-state index contributed by atoms with van der Waals surface area (Å²) in [5, 5.41) is 0. The summed E-state index contributed by atoms with van der Waals surface area (Å²) in [6.45, 7) is 3.35. The van der Waals surface area contributed by atoms with Crippen LogP contribution in [0.2, 0.25) is 0 Å². The molecule has 1 rings (SSSR count). The van der Waals surface area contributed by atoms with Gasteiger partial charge in [0, 0.05) is 12.7 Å². The van der Waals surface area contributed by atoms with E-state index >= 15 is 0 Å². The Morgan fingerprint density at radius 1 is 1.17 bits per heavy atom. The highest BCUT2D eigenvalue weighted by Crippen LogP contribution is 2.39. The molecule has 102 valence electrons. The Morgan fingerprint density at radius 2 is 1.89 bits per heavy atom. The quantitative estimate of drug-likeness (QED) is 0.810. The number of hydrogen-bond donors (Lipinski definition) is 1. The summed E-state index contributed by atoms with van der Waals surface area (Å²) in [5.74, 6) is 1.84. The van der Waals surface area contributed by atoms with Gasteiger partial charge in [-0.2, -0.15) is 0 Å². The van der Waals surface area contributed by atoms with E-state index in [9.17, 15) is 0 Å². The van der Waals surface area contributed by atoms with Crippen molar-refractivity contribution in [3.05, 3.63) is 23.3 Å². The molecule has 0 aliphatic carbocycles. The molecule has 0 saturated carbocycles. The number of ether oxygens (including phenoxy) is 3. The molecular weight excluding hydrogens is 230 g/mol. The molecule has 0 fully saturated rings. The average molecular weight is 253 g/mol. The zero-order valence-corrected chi connectivity index (χ0v) is 11.7. The summed E-state index contributed by atoms with van der Waals surface area (Å²) in [7, 11) is 4.99. The Morgan fingerprint density at radius 3 is 2.39 bits per heavy atom. The van der Waals surface area contributed by atoms with Gasteiger partial charge < -0.3 is 19.9 Å². The Labute approximate surface area is 109 Å². The van der Waals surface area contributed by atoms with Crippen LogP contribution in [0.4, 0.5) is 0 Å². The molecule has 0 aliphatic rings. The van der Waals surface area contributed by atoms with Crippen molar-refractivity contribution in [2.45, 2.75) is 25.9 Å². The third-order valence-corrected chi connectivity index (χ3v) is 3.07. The van der Waals surface area contributed by atoms with Gasteiger partial charge in [0.2, 0.25) is 0 Å². The van der Waals surface area contributed by atoms with E-state index in [1.165, 1.54) is 0 Å². The van der Waals surface area contributed by atoms with Gasteiger partial charge in [-0.3, -0.25) is 0 Å². The van der Waals surface area contributed by atoms with Crippen LogP contribution in [-0.4, -0.2) is 27.9 Å². The lowest BCUT2D eigenvalue weighted by atomic mass is 9.92. The topological polar surface area (TPSA) is 53.7 Å². The summed E-state index contributed by atoms with van der Waals surface area (Å²) >= 11 is 0. The molecule has 1 atom stereocenters. The van der Waals surface area contributed by atoms with Gasteiger partial charge in [-0.25, -0.2) is 0 Å². The maximum absolute atomic E-state index is 5.65. The van der Waals surface area contributed by atoms with Gasteiger partial charge in [-0.05, 0) is 30.5 Å². The lowest BCUT2D eigenvalue weighted by Gasteiger charge is -2.21. The monoisotopic (exact) mass is 253 g/mol. The normalized spacial score (nSPS) is 12.3. The fourth-order valence-electron chi connectivity index (χ4n) is 2.21. The Hall–Kier alpha value is -1.26. The van der Waals surface area contributed by atoms with Crippen LogP contribution in [0, 0.1) is 0 Å². The largest absolute Gasteiger partial charge is 0.493 e. The second-order valence-electron chi connectivity index (χ2n) is 4.29. The maximum atomic E-state index is 5.65. The molecule has 0 aromatic heterocycles. The van der Waals surface area contributed by atoms with E-state index in [4.69, 9.17) is 19.9 Å². The first-order valence-corrected chi connectivity index (χ1v) is 6.12. The summed E-state index contributed by atoms with van der Waals surface area (Å²) in [5.41, 5.74) is 7.90. The van der Waals surface area contributed by atoms with Crippen molar-refractivity contribution in [2.75, 3.05) is 27.9 Å². The van der Waals surface area contributed by atoms with E-state index < -0.39 is 0 Å². The SMILES string of the molecule is COCc1ccc(OC)c(OC)c1C(C)CCN. The highest BCUT2D eigenvalue weighted by atomic mass is 16.5. The highest BCUT2D eigenvalue weighted by molar-refractivity contribution is 5.52. The molecule has 0 radical (unpaired) electrons. The smallest absolute Gasteiger partial charge is 0.164 e. The number of rotatable bonds is 7. The third-order valence-electron chi connectivity index (χ3n) is 3.07. The fourth-order valence-corrected chi connectivity index (χ4v) is 2.21. The third kappa shape index (κ3) is 3.15. The molecule has 1 aromatic carbocycles. The molecule has 0 heterocycles. The molecule has 4 nitrogen and oxygen atoms in total. The molecule has 0 amide bonds. The first-order valence-electron chi connectivity index (χ1n) is 6.12. The first kappa shape index (κ1) is 14.8. The van der Waals surface area contributed by atoms with E-state index in [0.717, 1.165) is 29.0 Å². The molecule has 0 aliphatic heterocycles. The first-order chi connectivity index (χ1) is 8.69. The van der Waals surface area contributed by atoms with Crippen LogP contribution in [0.25, 0.3) is 0 Å². The summed E-state index contributed by atoms with van der Waals surface area (Å²) in [6, 6.07) is 3.93. The van der Waals surface area contributed by atoms with Gasteiger partial charge in [0.05, 0.1) is 20.8 Å². The molecule has 0 spiro atoms. The summed E-state index contributed by atoms with van der Waals surface area (Å²) < 4.78 is 16.1. The van der Waals surface area contributed by atoms with Gasteiger partial charge in [0.25, 0.3) is 0 Å². The van der Waals surface area contributed by atoms with Crippen molar-refractivity contribution in [2.24, 2.45) is 5.73 Å². The van der Waals surface area contributed by atoms with Crippen LogP contribution in [0.15, 0.2) is 12.1 Å². The number of nitrogens with two attached hydrogens (primary N) is 1. The van der Waals surface area contributed by atoms with Gasteiger partial charge in [-0.1, -0.05) is 13.0 Å². The number of methoxy groups -OCH3 is 3. The van der Waals surface area contributed by atoms with Crippen LogP contribution in [0.3, 0.4) is 0 Å². The number of benzene rings is 1. The minimum Gasteiger partial charge on any atom is -0.493 e. The van der Waals surface area contributed by atoms with Crippen LogP contribution >= 0.6 is 0 Å². The Balaban J connectivity index is 3.28. The van der Waals surface area contributed by atoms with E-state index in [0.29, 0.717) is 19.1 Å². The van der Waals surface area contributed by atoms with Gasteiger partial charge in [0.15, 0.2) is 11.5 Å². The molecule has 1 aromatic rings. The number of hydrogen-bond acceptors (Lipinski definition) is 4. The van der Waals surface area contributed by atoms with Gasteiger partial charge in [-0.15, -0.1) is 0 Å². The molecule has 1 unspecified atom stereocenters. The molecular formula is C14H23NO3. The van der Waals surface area contributed by atoms with Gasteiger partial charge >= 0.3 is 0 Å². The molecule has 2 N–H and O–H groups in total. The molecule has 0 saturated heterocycles. The van der Waals surface area contributed by atoms with Crippen molar-refractivity contribution in [3.8, 4) is 11.5 Å². The standard InChI is InChI=1S/C14H23NO3/c1-10(7-8-15)13-11(9-16-2)5-6-12(17-3)14(13)18-4/h5-6,10H,7-9,15H2,1-4H3. The second kappa shape index (κ2) is 7.24. The predicted octanol–water partition coefficient (Wildman–Crippen LogP) is 2.30. The fraction of sp³-hybridized carbons (Fsp3) is 0.571. The van der Waals surface area contributed by atoms with E-state index in [-0.39, 0.29) is 0 Å². The van der Waals surface area contributed by atoms with Gasteiger partial charge in [0.1, 0.15) is 0 Å². The van der Waals surface area contributed by atoms with E-state index in [1.807, 2.05) is 12.1 Å². The van der Waals surface area contributed by atoms with E-state index in [1.54, 1.807) is 21.3 Å². The van der Waals surface area contributed by atoms with Crippen molar-refractivity contribution >= 4 is 0 Å². The van der Waals surface area contributed by atoms with Crippen LogP contribution < -0.4 is 15.2 Å². The highest BCUT2D eigenvalue weighted by Gasteiger charge is 2.19. The maximum Gasteiger partial charge on any atom is 0.164 e. The van der Waals surface area contributed by atoms with E-state index in [2.05, 4.69) is 6.92 Å². The van der Waals surface area contributed by atoms with Crippen molar-refractivity contribution < 1.29 is 14.2 Å².